The Morgan fingerprint density at radius 1 is 1.19 bits per heavy atom. The summed E-state index contributed by atoms with van der Waals surface area (Å²) in [6.45, 7) is 3.32. The summed E-state index contributed by atoms with van der Waals surface area (Å²) in [5.41, 5.74) is 0. The predicted octanol–water partition coefficient (Wildman–Crippen LogP) is 1.36. The van der Waals surface area contributed by atoms with Gasteiger partial charge in [-0.1, -0.05) is 13.8 Å². The van der Waals surface area contributed by atoms with Crippen LogP contribution in [0.4, 0.5) is 18.0 Å². The van der Waals surface area contributed by atoms with Gasteiger partial charge in [0.1, 0.15) is 6.04 Å². The molecule has 2 amide bonds. The Balaban J connectivity index is 2.46. The molecule has 1 rings (SSSR count). The highest BCUT2D eigenvalue weighted by Crippen LogP contribution is 2.17. The molecule has 1 saturated heterocycles. The van der Waals surface area contributed by atoms with Crippen molar-refractivity contribution < 1.29 is 22.8 Å². The Morgan fingerprint density at radius 3 is 2.10 bits per heavy atom. The highest BCUT2D eigenvalue weighted by molar-refractivity contribution is 7.96. The van der Waals surface area contributed by atoms with Crippen LogP contribution in [0.3, 0.4) is 0 Å². The van der Waals surface area contributed by atoms with E-state index >= 15 is 0 Å². The van der Waals surface area contributed by atoms with Crippen molar-refractivity contribution in [1.82, 2.24) is 15.1 Å². The van der Waals surface area contributed by atoms with E-state index in [0.717, 1.165) is 0 Å². The van der Waals surface area contributed by atoms with E-state index in [9.17, 15) is 22.8 Å². The summed E-state index contributed by atoms with van der Waals surface area (Å²) in [4.78, 5) is 26.0. The minimum Gasteiger partial charge on any atom is -0.327 e. The maximum absolute atomic E-state index is 12.3. The summed E-state index contributed by atoms with van der Waals surface area (Å²) < 4.78 is 36.8. The first-order chi connectivity index (χ1) is 9.60. The Kier molecular flexibility index (Phi) is 6.33. The average Bonchev–Trinajstić information content (AvgIpc) is 2.33. The Hall–Kier alpha value is -0.960. The molecule has 9 heteroatoms. The Morgan fingerprint density at radius 2 is 1.71 bits per heavy atom. The zero-order chi connectivity index (χ0) is 16.2. The van der Waals surface area contributed by atoms with Gasteiger partial charge < -0.3 is 10.2 Å². The summed E-state index contributed by atoms with van der Waals surface area (Å²) in [5.74, 6) is -0.106. The van der Waals surface area contributed by atoms with Crippen LogP contribution in [0.25, 0.3) is 0 Å². The van der Waals surface area contributed by atoms with Gasteiger partial charge in [0.05, 0.1) is 6.54 Å². The van der Waals surface area contributed by atoms with Gasteiger partial charge in [-0.15, -0.1) is 12.6 Å². The Bertz CT molecular complexity index is 382. The van der Waals surface area contributed by atoms with Crippen molar-refractivity contribution in [2.75, 3.05) is 32.7 Å². The van der Waals surface area contributed by atoms with Gasteiger partial charge >= 0.3 is 12.2 Å². The van der Waals surface area contributed by atoms with Gasteiger partial charge in [-0.05, 0) is 5.92 Å². The highest BCUT2D eigenvalue weighted by atomic mass is 32.1. The van der Waals surface area contributed by atoms with Crippen molar-refractivity contribution in [2.24, 2.45) is 5.92 Å². The average molecular weight is 327 g/mol. The summed E-state index contributed by atoms with van der Waals surface area (Å²) in [6.07, 6.45) is -4.23. The van der Waals surface area contributed by atoms with Crippen molar-refractivity contribution in [1.29, 1.82) is 0 Å². The van der Waals surface area contributed by atoms with E-state index in [1.807, 2.05) is 0 Å². The van der Waals surface area contributed by atoms with Crippen LogP contribution in [0.2, 0.25) is 0 Å². The molecule has 122 valence electrons. The van der Waals surface area contributed by atoms with Gasteiger partial charge in [-0.2, -0.15) is 13.2 Å². The number of thiol groups is 1. The molecule has 0 saturated carbocycles. The molecule has 0 aromatic carbocycles. The van der Waals surface area contributed by atoms with E-state index in [4.69, 9.17) is 0 Å². The number of carbonyl (C=O) groups is 2. The van der Waals surface area contributed by atoms with Crippen molar-refractivity contribution in [3.8, 4) is 0 Å². The third kappa shape index (κ3) is 6.13. The van der Waals surface area contributed by atoms with Gasteiger partial charge in [0.2, 0.25) is 5.12 Å². The van der Waals surface area contributed by atoms with Crippen LogP contribution in [0.15, 0.2) is 0 Å². The van der Waals surface area contributed by atoms with Crippen LogP contribution in [-0.4, -0.2) is 65.9 Å². The molecular weight excluding hydrogens is 307 g/mol. The van der Waals surface area contributed by atoms with E-state index in [1.54, 1.807) is 13.8 Å². The lowest BCUT2D eigenvalue weighted by molar-refractivity contribution is -0.148. The molecule has 0 aromatic heterocycles. The lowest BCUT2D eigenvalue weighted by Crippen LogP contribution is -2.56. The molecule has 1 N–H and O–H groups in total. The third-order valence-corrected chi connectivity index (χ3v) is 3.55. The number of alkyl halides is 3. The Labute approximate surface area is 127 Å². The van der Waals surface area contributed by atoms with Gasteiger partial charge in [-0.25, -0.2) is 4.79 Å². The van der Waals surface area contributed by atoms with Crippen LogP contribution >= 0.6 is 12.6 Å². The number of amides is 2. The van der Waals surface area contributed by atoms with Gasteiger partial charge in [-0.3, -0.25) is 9.69 Å². The van der Waals surface area contributed by atoms with Gasteiger partial charge in [0, 0.05) is 26.2 Å². The smallest absolute Gasteiger partial charge is 0.327 e. The standard InChI is InChI=1S/C12H20F3N3O2S/c1-8(2)9(10(19)21)16-11(20)18-5-3-17(4-6-18)7-12(13,14)15/h8-9H,3-7H2,1-2H3,(H,16,20)(H,19,21)/t9-/m0/s1. The molecule has 0 spiro atoms. The molecule has 1 aliphatic heterocycles. The van der Waals surface area contributed by atoms with Crippen molar-refractivity contribution in [3.05, 3.63) is 0 Å². The highest BCUT2D eigenvalue weighted by Gasteiger charge is 2.33. The molecule has 1 atom stereocenters. The van der Waals surface area contributed by atoms with Gasteiger partial charge in [0.15, 0.2) is 0 Å². The first-order valence-corrected chi connectivity index (χ1v) is 7.12. The molecule has 1 aliphatic rings. The van der Waals surface area contributed by atoms with Crippen molar-refractivity contribution in [2.45, 2.75) is 26.1 Å². The van der Waals surface area contributed by atoms with E-state index in [0.29, 0.717) is 0 Å². The summed E-state index contributed by atoms with van der Waals surface area (Å²) in [7, 11) is 0. The number of carbonyl (C=O) groups excluding carboxylic acids is 2. The van der Waals surface area contributed by atoms with E-state index in [-0.39, 0.29) is 32.1 Å². The number of nitrogens with zero attached hydrogens (tertiary/aromatic N) is 2. The molecule has 1 fully saturated rings. The second-order valence-electron chi connectivity index (χ2n) is 5.39. The molecule has 21 heavy (non-hydrogen) atoms. The zero-order valence-electron chi connectivity index (χ0n) is 12.0. The second kappa shape index (κ2) is 7.35. The molecule has 0 bridgehead atoms. The van der Waals surface area contributed by atoms with E-state index in [2.05, 4.69) is 17.9 Å². The first kappa shape index (κ1) is 18.1. The van der Waals surface area contributed by atoms with Crippen LogP contribution in [0, 0.1) is 5.92 Å². The lowest BCUT2D eigenvalue weighted by Gasteiger charge is -2.35. The summed E-state index contributed by atoms with van der Waals surface area (Å²) in [5, 5.41) is 2.13. The fourth-order valence-corrected chi connectivity index (χ4v) is 2.46. The molecular formula is C12H20F3N3O2S. The number of urea groups is 1. The fraction of sp³-hybridized carbons (Fsp3) is 0.833. The number of rotatable bonds is 4. The predicted molar refractivity (Wildman–Crippen MR) is 75.2 cm³/mol. The monoisotopic (exact) mass is 327 g/mol. The molecule has 0 aromatic rings. The number of halogens is 3. The maximum atomic E-state index is 12.3. The van der Waals surface area contributed by atoms with Crippen LogP contribution < -0.4 is 5.32 Å². The van der Waals surface area contributed by atoms with Crippen molar-refractivity contribution >= 4 is 23.8 Å². The maximum Gasteiger partial charge on any atom is 0.401 e. The second-order valence-corrected chi connectivity index (χ2v) is 5.83. The summed E-state index contributed by atoms with van der Waals surface area (Å²) >= 11 is 3.73. The normalized spacial score (nSPS) is 18.7. The minimum atomic E-state index is -4.23. The number of piperazine rings is 1. The third-order valence-electron chi connectivity index (χ3n) is 3.27. The van der Waals surface area contributed by atoms with E-state index < -0.39 is 29.9 Å². The zero-order valence-corrected chi connectivity index (χ0v) is 12.9. The molecule has 0 radical (unpaired) electrons. The SMILES string of the molecule is CC(C)[C@H](NC(=O)N1CCN(CC(F)(F)F)CC1)C(=O)S. The molecule has 5 nitrogen and oxygen atoms in total. The number of hydrogen-bond donors (Lipinski definition) is 2. The molecule has 0 aliphatic carbocycles. The number of nitrogens with one attached hydrogen (secondary N) is 1. The fourth-order valence-electron chi connectivity index (χ4n) is 2.10. The topological polar surface area (TPSA) is 52.7 Å². The van der Waals surface area contributed by atoms with E-state index in [1.165, 1.54) is 9.80 Å². The summed E-state index contributed by atoms with van der Waals surface area (Å²) in [6, 6.07) is -1.14. The lowest BCUT2D eigenvalue weighted by atomic mass is 10.1. The first-order valence-electron chi connectivity index (χ1n) is 6.67. The molecule has 1 heterocycles. The van der Waals surface area contributed by atoms with Crippen LogP contribution in [-0.2, 0) is 4.79 Å². The largest absolute Gasteiger partial charge is 0.401 e. The van der Waals surface area contributed by atoms with Crippen LogP contribution in [0.5, 0.6) is 0 Å². The quantitative estimate of drug-likeness (QED) is 0.767. The van der Waals surface area contributed by atoms with Crippen molar-refractivity contribution in [3.63, 3.8) is 0 Å². The minimum absolute atomic E-state index is 0.106. The number of hydrogen-bond acceptors (Lipinski definition) is 3. The van der Waals surface area contributed by atoms with Crippen LogP contribution in [0.1, 0.15) is 13.8 Å². The van der Waals surface area contributed by atoms with Gasteiger partial charge in [0.25, 0.3) is 0 Å². The molecule has 0 unspecified atom stereocenters.